The highest BCUT2D eigenvalue weighted by Gasteiger charge is 2.32. The molecule has 2 aromatic rings. The van der Waals surface area contributed by atoms with Gasteiger partial charge in [-0.3, -0.25) is 9.10 Å². The summed E-state index contributed by atoms with van der Waals surface area (Å²) in [6.45, 7) is 2.85. The van der Waals surface area contributed by atoms with Crippen molar-refractivity contribution in [3.8, 4) is 0 Å². The Labute approximate surface area is 193 Å². The number of amides is 1. The molecule has 1 amide bonds. The lowest BCUT2D eigenvalue weighted by Crippen LogP contribution is -2.47. The normalized spacial score (nSPS) is 16.2. The number of morpholine rings is 1. The lowest BCUT2D eigenvalue weighted by molar-refractivity contribution is -0.117. The van der Waals surface area contributed by atoms with Gasteiger partial charge in [0.25, 0.3) is 0 Å². The second kappa shape index (κ2) is 10.2. The van der Waals surface area contributed by atoms with E-state index >= 15 is 0 Å². The van der Waals surface area contributed by atoms with Crippen molar-refractivity contribution in [2.75, 3.05) is 42.2 Å². The highest BCUT2D eigenvalue weighted by atomic mass is 32.2. The van der Waals surface area contributed by atoms with E-state index in [9.17, 15) is 26.0 Å². The van der Waals surface area contributed by atoms with Crippen LogP contribution in [0.1, 0.15) is 13.3 Å². The molecule has 0 unspecified atom stereocenters. The van der Waals surface area contributed by atoms with Gasteiger partial charge in [-0.25, -0.2) is 21.2 Å². The summed E-state index contributed by atoms with van der Waals surface area (Å²) in [6, 6.07) is 9.38. The summed E-state index contributed by atoms with van der Waals surface area (Å²) in [5.41, 5.74) is 0.472. The number of nitrogens with one attached hydrogen (secondary N) is 1. The second-order valence-electron chi connectivity index (χ2n) is 7.49. The Hall–Kier alpha value is -2.54. The Morgan fingerprint density at radius 2 is 1.64 bits per heavy atom. The lowest BCUT2D eigenvalue weighted by Gasteiger charge is -2.30. The fraction of sp³-hybridized carbons (Fsp3) is 0.381. The molecule has 1 heterocycles. The third kappa shape index (κ3) is 5.88. The van der Waals surface area contributed by atoms with Gasteiger partial charge in [-0.1, -0.05) is 6.92 Å². The fourth-order valence-corrected chi connectivity index (χ4v) is 6.14. The zero-order valence-electron chi connectivity index (χ0n) is 18.3. The molecule has 2 aromatic carbocycles. The average Bonchev–Trinajstić information content (AvgIpc) is 2.78. The minimum atomic E-state index is -3.86. The molecule has 1 aliphatic rings. The standard InChI is InChI=1S/C21H26FN3O6S2/c1-3-20(25(32(2,27)28)18-8-4-16(22)5-9-18)21(26)23-17-6-10-19(11-7-17)33(29,30)24-12-14-31-15-13-24/h4-11,20H,3,12-15H2,1-2H3,(H,23,26)/t20-/m0/s1. The van der Waals surface area contributed by atoms with E-state index in [4.69, 9.17) is 4.74 Å². The first-order valence-corrected chi connectivity index (χ1v) is 13.6. The van der Waals surface area contributed by atoms with Crippen LogP contribution in [0.4, 0.5) is 15.8 Å². The van der Waals surface area contributed by atoms with Crippen molar-refractivity contribution in [3.05, 3.63) is 54.3 Å². The molecule has 1 saturated heterocycles. The van der Waals surface area contributed by atoms with Crippen LogP contribution in [-0.4, -0.2) is 65.6 Å². The van der Waals surface area contributed by atoms with Gasteiger partial charge in [0.15, 0.2) is 0 Å². The van der Waals surface area contributed by atoms with Gasteiger partial charge >= 0.3 is 0 Å². The van der Waals surface area contributed by atoms with Gasteiger partial charge in [-0.05, 0) is 55.0 Å². The fourth-order valence-electron chi connectivity index (χ4n) is 3.52. The van der Waals surface area contributed by atoms with Crippen LogP contribution < -0.4 is 9.62 Å². The molecule has 180 valence electrons. The molecule has 3 rings (SSSR count). The molecule has 9 nitrogen and oxygen atoms in total. The van der Waals surface area contributed by atoms with Crippen LogP contribution in [0.3, 0.4) is 0 Å². The number of hydrogen-bond acceptors (Lipinski definition) is 6. The van der Waals surface area contributed by atoms with Crippen LogP contribution in [-0.2, 0) is 29.6 Å². The van der Waals surface area contributed by atoms with E-state index < -0.39 is 37.8 Å². The molecular weight excluding hydrogens is 473 g/mol. The minimum Gasteiger partial charge on any atom is -0.379 e. The van der Waals surface area contributed by atoms with Crippen molar-refractivity contribution in [1.82, 2.24) is 4.31 Å². The zero-order chi connectivity index (χ0) is 24.2. The van der Waals surface area contributed by atoms with Crippen LogP contribution in [0.15, 0.2) is 53.4 Å². The van der Waals surface area contributed by atoms with E-state index in [0.717, 1.165) is 22.7 Å². The van der Waals surface area contributed by atoms with Crippen LogP contribution >= 0.6 is 0 Å². The summed E-state index contributed by atoms with van der Waals surface area (Å²) in [5.74, 6) is -1.13. The maximum absolute atomic E-state index is 13.3. The molecule has 0 aromatic heterocycles. The molecule has 0 aliphatic carbocycles. The molecule has 33 heavy (non-hydrogen) atoms. The smallest absolute Gasteiger partial charge is 0.248 e. The molecule has 0 spiro atoms. The monoisotopic (exact) mass is 499 g/mol. The molecular formula is C21H26FN3O6S2. The highest BCUT2D eigenvalue weighted by molar-refractivity contribution is 7.92. The summed E-state index contributed by atoms with van der Waals surface area (Å²) < 4.78 is 71.2. The van der Waals surface area contributed by atoms with Crippen molar-refractivity contribution >= 4 is 37.3 Å². The maximum Gasteiger partial charge on any atom is 0.248 e. The lowest BCUT2D eigenvalue weighted by atomic mass is 10.2. The highest BCUT2D eigenvalue weighted by Crippen LogP contribution is 2.24. The number of rotatable bonds is 8. The second-order valence-corrected chi connectivity index (χ2v) is 11.3. The third-order valence-electron chi connectivity index (χ3n) is 5.14. The minimum absolute atomic E-state index is 0.0820. The number of carbonyl (C=O) groups is 1. The van der Waals surface area contributed by atoms with E-state index in [0.29, 0.717) is 18.9 Å². The number of carbonyl (C=O) groups excluding carboxylic acids is 1. The Bertz CT molecular complexity index is 1180. The predicted octanol–water partition coefficient (Wildman–Crippen LogP) is 2.03. The summed E-state index contributed by atoms with van der Waals surface area (Å²) in [4.78, 5) is 13.1. The van der Waals surface area contributed by atoms with E-state index in [1.165, 1.54) is 40.7 Å². The molecule has 1 aliphatic heterocycles. The van der Waals surface area contributed by atoms with Crippen molar-refractivity contribution in [3.63, 3.8) is 0 Å². The van der Waals surface area contributed by atoms with E-state index in [1.807, 2.05) is 0 Å². The summed E-state index contributed by atoms with van der Waals surface area (Å²) in [5, 5.41) is 2.64. The number of anilines is 2. The number of halogens is 1. The van der Waals surface area contributed by atoms with Crippen LogP contribution in [0.5, 0.6) is 0 Å². The first-order chi connectivity index (χ1) is 15.5. The molecule has 1 N–H and O–H groups in total. The molecule has 0 bridgehead atoms. The van der Waals surface area contributed by atoms with Crippen LogP contribution in [0.2, 0.25) is 0 Å². The largest absolute Gasteiger partial charge is 0.379 e. The third-order valence-corrected chi connectivity index (χ3v) is 8.23. The molecule has 0 saturated carbocycles. The number of nitrogens with zero attached hydrogens (tertiary/aromatic N) is 2. The van der Waals surface area contributed by atoms with Crippen LogP contribution in [0, 0.1) is 5.82 Å². The number of sulfonamides is 2. The van der Waals surface area contributed by atoms with Crippen molar-refractivity contribution < 1.29 is 30.8 Å². The quantitative estimate of drug-likeness (QED) is 0.595. The van der Waals surface area contributed by atoms with Gasteiger partial charge in [0, 0.05) is 18.8 Å². The SMILES string of the molecule is CC[C@@H](C(=O)Nc1ccc(S(=O)(=O)N2CCOCC2)cc1)N(c1ccc(F)cc1)S(C)(=O)=O. The number of ether oxygens (including phenoxy) is 1. The number of benzene rings is 2. The topological polar surface area (TPSA) is 113 Å². The Balaban J connectivity index is 1.80. The summed E-state index contributed by atoms with van der Waals surface area (Å²) >= 11 is 0. The van der Waals surface area contributed by atoms with Crippen molar-refractivity contribution in [2.24, 2.45) is 0 Å². The molecule has 1 fully saturated rings. The van der Waals surface area contributed by atoms with Gasteiger partial charge in [-0.2, -0.15) is 4.31 Å². The molecule has 12 heteroatoms. The molecule has 0 radical (unpaired) electrons. The van der Waals surface area contributed by atoms with Crippen molar-refractivity contribution in [1.29, 1.82) is 0 Å². The Kier molecular flexibility index (Phi) is 7.73. The van der Waals surface area contributed by atoms with Crippen LogP contribution in [0.25, 0.3) is 0 Å². The average molecular weight is 500 g/mol. The maximum atomic E-state index is 13.3. The van der Waals surface area contributed by atoms with Gasteiger partial charge in [0.2, 0.25) is 26.0 Å². The van der Waals surface area contributed by atoms with Gasteiger partial charge in [0.1, 0.15) is 11.9 Å². The predicted molar refractivity (Wildman–Crippen MR) is 122 cm³/mol. The Morgan fingerprint density at radius 1 is 1.06 bits per heavy atom. The summed E-state index contributed by atoms with van der Waals surface area (Å²) in [6.07, 6.45) is 1.12. The van der Waals surface area contributed by atoms with E-state index in [1.54, 1.807) is 6.92 Å². The van der Waals surface area contributed by atoms with E-state index in [-0.39, 0.29) is 30.1 Å². The van der Waals surface area contributed by atoms with Gasteiger partial charge in [-0.15, -0.1) is 0 Å². The van der Waals surface area contributed by atoms with Crippen molar-refractivity contribution in [2.45, 2.75) is 24.3 Å². The summed E-state index contributed by atoms with van der Waals surface area (Å²) in [7, 11) is -7.54. The zero-order valence-corrected chi connectivity index (χ0v) is 19.9. The number of hydrogen-bond donors (Lipinski definition) is 1. The van der Waals surface area contributed by atoms with Gasteiger partial charge < -0.3 is 10.1 Å². The Morgan fingerprint density at radius 3 is 2.15 bits per heavy atom. The van der Waals surface area contributed by atoms with E-state index in [2.05, 4.69) is 5.32 Å². The molecule has 1 atom stereocenters. The first-order valence-electron chi connectivity index (χ1n) is 10.3. The van der Waals surface area contributed by atoms with Gasteiger partial charge in [0.05, 0.1) is 30.1 Å². The first kappa shape index (κ1) is 25.1.